The minimum absolute atomic E-state index is 0.137. The van der Waals surface area contributed by atoms with Crippen LogP contribution in [0, 0.1) is 23.7 Å². The van der Waals surface area contributed by atoms with Crippen LogP contribution in [0.15, 0.2) is 43.5 Å². The zero-order valence-electron chi connectivity index (χ0n) is 23.7. The van der Waals surface area contributed by atoms with Gasteiger partial charge in [-0.2, -0.15) is 0 Å². The minimum Gasteiger partial charge on any atom is -0.463 e. The van der Waals surface area contributed by atoms with E-state index >= 15 is 0 Å². The number of nitrogens with one attached hydrogen (secondary N) is 1. The lowest BCUT2D eigenvalue weighted by Gasteiger charge is -2.37. The summed E-state index contributed by atoms with van der Waals surface area (Å²) in [7, 11) is 0. The van der Waals surface area contributed by atoms with E-state index in [1.54, 1.807) is 0 Å². The molecule has 0 aromatic heterocycles. The molecule has 8 nitrogen and oxygen atoms in total. The Balaban J connectivity index is 1.53. The van der Waals surface area contributed by atoms with E-state index in [1.807, 2.05) is 0 Å². The van der Waals surface area contributed by atoms with Crippen LogP contribution < -0.4 is 10.1 Å². The fourth-order valence-electron chi connectivity index (χ4n) is 5.80. The number of hydrogen-bond acceptors (Lipinski definition) is 7. The summed E-state index contributed by atoms with van der Waals surface area (Å²) in [4.78, 5) is 48.7. The van der Waals surface area contributed by atoms with Crippen LogP contribution in [0.5, 0.6) is 5.75 Å². The van der Waals surface area contributed by atoms with Gasteiger partial charge in [-0.1, -0.05) is 39.3 Å². The highest BCUT2D eigenvalue weighted by Crippen LogP contribution is 2.42. The van der Waals surface area contributed by atoms with Crippen LogP contribution in [-0.2, 0) is 23.9 Å². The zero-order valence-corrected chi connectivity index (χ0v) is 23.7. The van der Waals surface area contributed by atoms with Crippen molar-refractivity contribution in [2.75, 3.05) is 18.5 Å². The van der Waals surface area contributed by atoms with Crippen LogP contribution in [0.4, 0.5) is 5.69 Å². The quantitative estimate of drug-likeness (QED) is 0.130. The first kappa shape index (κ1) is 31.1. The number of benzene rings is 1. The lowest BCUT2D eigenvalue weighted by molar-refractivity contribution is -0.140. The summed E-state index contributed by atoms with van der Waals surface area (Å²) < 4.78 is 15.9. The van der Waals surface area contributed by atoms with E-state index in [-0.39, 0.29) is 42.1 Å². The molecule has 0 radical (unpaired) electrons. The SMILES string of the molecule is C=CC(=O)Nc1cc(C(=O)OCCCCOC(=O)C=C)ccc1OC(=O)C1CCC(C2CCC(CC)CC2)CC1. The number of anilines is 1. The number of carbonyl (C=O) groups is 4. The van der Waals surface area contributed by atoms with Gasteiger partial charge in [0.2, 0.25) is 5.91 Å². The van der Waals surface area contributed by atoms with E-state index < -0.39 is 17.8 Å². The van der Waals surface area contributed by atoms with Crippen molar-refractivity contribution in [3.8, 4) is 5.75 Å². The molecule has 0 aliphatic heterocycles. The average Bonchev–Trinajstić information content (AvgIpc) is 2.99. The van der Waals surface area contributed by atoms with Gasteiger partial charge in [-0.25, -0.2) is 9.59 Å². The number of rotatable bonds is 13. The molecule has 0 atom stereocenters. The predicted molar refractivity (Wildman–Crippen MR) is 153 cm³/mol. The number of hydrogen-bond donors (Lipinski definition) is 1. The van der Waals surface area contributed by atoms with Gasteiger partial charge < -0.3 is 19.5 Å². The Morgan fingerprint density at radius 3 is 2.10 bits per heavy atom. The number of amides is 1. The Kier molecular flexibility index (Phi) is 12.4. The first-order chi connectivity index (χ1) is 19.3. The summed E-state index contributed by atoms with van der Waals surface area (Å²) in [5.74, 6) is 0.476. The van der Waals surface area contributed by atoms with E-state index in [1.165, 1.54) is 50.3 Å². The van der Waals surface area contributed by atoms with Crippen molar-refractivity contribution in [2.24, 2.45) is 23.7 Å². The van der Waals surface area contributed by atoms with Crippen LogP contribution in [0.2, 0.25) is 0 Å². The smallest absolute Gasteiger partial charge is 0.338 e. The van der Waals surface area contributed by atoms with E-state index in [0.717, 1.165) is 49.7 Å². The summed E-state index contributed by atoms with van der Waals surface area (Å²) in [5.41, 5.74) is 0.404. The van der Waals surface area contributed by atoms with Crippen LogP contribution in [0.25, 0.3) is 0 Å². The minimum atomic E-state index is -0.582. The second-order valence-corrected chi connectivity index (χ2v) is 10.8. The Morgan fingerprint density at radius 1 is 0.875 bits per heavy atom. The molecule has 1 aromatic rings. The fourth-order valence-corrected chi connectivity index (χ4v) is 5.80. The molecule has 0 heterocycles. The van der Waals surface area contributed by atoms with Gasteiger partial charge >= 0.3 is 17.9 Å². The van der Waals surface area contributed by atoms with Gasteiger partial charge in [-0.3, -0.25) is 9.59 Å². The molecular formula is C32H43NO7. The monoisotopic (exact) mass is 553 g/mol. The average molecular weight is 554 g/mol. The van der Waals surface area contributed by atoms with Crippen molar-refractivity contribution in [3.05, 3.63) is 49.1 Å². The van der Waals surface area contributed by atoms with Crippen molar-refractivity contribution in [2.45, 2.75) is 77.6 Å². The summed E-state index contributed by atoms with van der Waals surface area (Å²) in [6.07, 6.45) is 13.5. The van der Waals surface area contributed by atoms with Gasteiger partial charge in [0.1, 0.15) is 0 Å². The highest BCUT2D eigenvalue weighted by Gasteiger charge is 2.33. The summed E-state index contributed by atoms with van der Waals surface area (Å²) in [6, 6.07) is 4.44. The van der Waals surface area contributed by atoms with Crippen molar-refractivity contribution in [1.82, 2.24) is 0 Å². The third-order valence-electron chi connectivity index (χ3n) is 8.29. The van der Waals surface area contributed by atoms with E-state index in [0.29, 0.717) is 18.8 Å². The highest BCUT2D eigenvalue weighted by molar-refractivity contribution is 6.01. The van der Waals surface area contributed by atoms with Gasteiger partial charge in [0, 0.05) is 6.08 Å². The molecule has 0 saturated heterocycles. The molecular weight excluding hydrogens is 510 g/mol. The number of ether oxygens (including phenoxy) is 3. The number of esters is 3. The number of unbranched alkanes of at least 4 members (excludes halogenated alkanes) is 1. The molecule has 2 fully saturated rings. The maximum absolute atomic E-state index is 13.1. The topological polar surface area (TPSA) is 108 Å². The third kappa shape index (κ3) is 9.35. The Bertz CT molecular complexity index is 1050. The molecule has 1 aromatic carbocycles. The second-order valence-electron chi connectivity index (χ2n) is 10.8. The standard InChI is InChI=1S/C32H43NO7/c1-4-22-9-11-23(12-10-22)24-13-15-25(16-14-24)32(37)40-28-18-17-26(21-27(28)33-29(34)5-2)31(36)39-20-8-7-19-38-30(35)6-3/h5-6,17-18,21-25H,2-4,7-16,19-20H2,1H3,(H,33,34). The molecule has 8 heteroatoms. The normalized spacial score (nSPS) is 22.4. The molecule has 2 aliphatic carbocycles. The molecule has 1 N–H and O–H groups in total. The largest absolute Gasteiger partial charge is 0.463 e. The summed E-state index contributed by atoms with van der Waals surface area (Å²) in [6.45, 7) is 9.43. The third-order valence-corrected chi connectivity index (χ3v) is 8.29. The zero-order chi connectivity index (χ0) is 28.9. The van der Waals surface area contributed by atoms with E-state index in [9.17, 15) is 19.2 Å². The molecule has 0 unspecified atom stereocenters. The molecule has 2 saturated carbocycles. The summed E-state index contributed by atoms with van der Waals surface area (Å²) >= 11 is 0. The van der Waals surface area contributed by atoms with Crippen LogP contribution in [-0.4, -0.2) is 37.0 Å². The molecule has 218 valence electrons. The van der Waals surface area contributed by atoms with Crippen LogP contribution in [0.3, 0.4) is 0 Å². The van der Waals surface area contributed by atoms with Crippen LogP contribution >= 0.6 is 0 Å². The van der Waals surface area contributed by atoms with E-state index in [4.69, 9.17) is 14.2 Å². The van der Waals surface area contributed by atoms with Gasteiger partial charge in [0.15, 0.2) is 5.75 Å². The predicted octanol–water partition coefficient (Wildman–Crippen LogP) is 6.41. The fraction of sp³-hybridized carbons (Fsp3) is 0.562. The Hall–Kier alpha value is -3.42. The van der Waals surface area contributed by atoms with Crippen molar-refractivity contribution >= 4 is 29.5 Å². The molecule has 2 aliphatic rings. The van der Waals surface area contributed by atoms with Crippen molar-refractivity contribution in [1.29, 1.82) is 0 Å². The maximum Gasteiger partial charge on any atom is 0.338 e. The van der Waals surface area contributed by atoms with Gasteiger partial charge in [0.05, 0.1) is 30.4 Å². The molecule has 3 rings (SSSR count). The first-order valence-electron chi connectivity index (χ1n) is 14.6. The van der Waals surface area contributed by atoms with Gasteiger partial charge in [-0.05, 0) is 93.4 Å². The van der Waals surface area contributed by atoms with Gasteiger partial charge in [-0.15, -0.1) is 0 Å². The highest BCUT2D eigenvalue weighted by atomic mass is 16.5. The maximum atomic E-state index is 13.1. The molecule has 0 bridgehead atoms. The van der Waals surface area contributed by atoms with E-state index in [2.05, 4.69) is 25.4 Å². The molecule has 40 heavy (non-hydrogen) atoms. The second kappa shape index (κ2) is 16.0. The Morgan fingerprint density at radius 2 is 1.50 bits per heavy atom. The molecule has 0 spiro atoms. The van der Waals surface area contributed by atoms with Crippen molar-refractivity contribution < 1.29 is 33.4 Å². The number of carbonyl (C=O) groups excluding carboxylic acids is 4. The molecule has 1 amide bonds. The van der Waals surface area contributed by atoms with Crippen molar-refractivity contribution in [3.63, 3.8) is 0 Å². The lowest BCUT2D eigenvalue weighted by atomic mass is 9.69. The Labute approximate surface area is 237 Å². The lowest BCUT2D eigenvalue weighted by Crippen LogP contribution is -2.30. The first-order valence-corrected chi connectivity index (χ1v) is 14.6. The summed E-state index contributed by atoms with van der Waals surface area (Å²) in [5, 5.41) is 2.62. The van der Waals surface area contributed by atoms with Gasteiger partial charge in [0.25, 0.3) is 0 Å². The van der Waals surface area contributed by atoms with Crippen LogP contribution in [0.1, 0.15) is 87.9 Å².